The second kappa shape index (κ2) is 3.88. The molecule has 1 N–H and O–H groups in total. The molecule has 1 rings (SSSR count). The summed E-state index contributed by atoms with van der Waals surface area (Å²) in [4.78, 5) is 0. The van der Waals surface area contributed by atoms with Crippen LogP contribution >= 0.6 is 22.9 Å². The third-order valence-electron chi connectivity index (χ3n) is 1.18. The molecular weight excluding hydrogens is 244 g/mol. The smallest absolute Gasteiger partial charge is 0.123 e. The van der Waals surface area contributed by atoms with Gasteiger partial charge in [0.25, 0.3) is 0 Å². The minimum atomic E-state index is -0.183. The summed E-state index contributed by atoms with van der Waals surface area (Å²) in [6.45, 7) is 0.779. The van der Waals surface area contributed by atoms with E-state index in [9.17, 15) is 4.39 Å². The van der Waals surface area contributed by atoms with Crippen molar-refractivity contribution >= 4 is 22.9 Å². The molecule has 1 aromatic carbocycles. The zero-order chi connectivity index (χ0) is 7.40. The van der Waals surface area contributed by atoms with Crippen LogP contribution in [-0.2, 0) is 6.54 Å². The van der Waals surface area contributed by atoms with Crippen LogP contribution in [0.4, 0.5) is 4.39 Å². The Balaban J connectivity index is 2.69. The van der Waals surface area contributed by atoms with Crippen LogP contribution in [0.5, 0.6) is 0 Å². The molecule has 1 aromatic rings. The average Bonchev–Trinajstić information content (AvgIpc) is 1.95. The third kappa shape index (κ3) is 2.22. The van der Waals surface area contributed by atoms with Gasteiger partial charge in [-0.25, -0.2) is 4.39 Å². The molecule has 0 saturated heterocycles. The van der Waals surface area contributed by atoms with Crippen LogP contribution in [0.15, 0.2) is 24.3 Å². The SMILES string of the molecule is Fc1ccc(CNI)cc1. The van der Waals surface area contributed by atoms with Gasteiger partial charge >= 0.3 is 0 Å². The molecule has 10 heavy (non-hydrogen) atoms. The van der Waals surface area contributed by atoms with Gasteiger partial charge in [-0.1, -0.05) is 12.1 Å². The monoisotopic (exact) mass is 251 g/mol. The number of halogens is 2. The Morgan fingerprint density at radius 2 is 1.90 bits per heavy atom. The molecule has 3 heteroatoms. The molecule has 0 aliphatic carbocycles. The molecule has 0 unspecified atom stereocenters. The predicted octanol–water partition coefficient (Wildman–Crippen LogP) is 2.27. The van der Waals surface area contributed by atoms with Crippen molar-refractivity contribution in [2.24, 2.45) is 0 Å². The molecule has 0 spiro atoms. The molecule has 0 amide bonds. The van der Waals surface area contributed by atoms with Crippen LogP contribution < -0.4 is 3.53 Å². The van der Waals surface area contributed by atoms with E-state index in [1.54, 1.807) is 12.1 Å². The molecule has 0 fully saturated rings. The van der Waals surface area contributed by atoms with Gasteiger partial charge in [-0.15, -0.1) is 0 Å². The number of hydrogen-bond donors (Lipinski definition) is 1. The minimum absolute atomic E-state index is 0.183. The summed E-state index contributed by atoms with van der Waals surface area (Å²) in [5.74, 6) is -0.183. The largest absolute Gasteiger partial charge is 0.257 e. The highest BCUT2D eigenvalue weighted by Crippen LogP contribution is 2.02. The second-order valence-electron chi connectivity index (χ2n) is 1.94. The lowest BCUT2D eigenvalue weighted by molar-refractivity contribution is 0.627. The van der Waals surface area contributed by atoms with E-state index in [1.165, 1.54) is 12.1 Å². The highest BCUT2D eigenvalue weighted by molar-refractivity contribution is 14.1. The average molecular weight is 251 g/mol. The van der Waals surface area contributed by atoms with Crippen molar-refractivity contribution in [2.75, 3.05) is 0 Å². The molecule has 0 aliphatic rings. The summed E-state index contributed by atoms with van der Waals surface area (Å²) in [5, 5.41) is 0. The third-order valence-corrected chi connectivity index (χ3v) is 1.57. The molecule has 0 aromatic heterocycles. The molecular formula is C7H7FIN. The lowest BCUT2D eigenvalue weighted by Gasteiger charge is -1.96. The lowest BCUT2D eigenvalue weighted by Crippen LogP contribution is -1.96. The van der Waals surface area contributed by atoms with E-state index in [0.29, 0.717) is 0 Å². The molecule has 1 nitrogen and oxygen atoms in total. The van der Waals surface area contributed by atoms with Crippen molar-refractivity contribution in [3.63, 3.8) is 0 Å². The van der Waals surface area contributed by atoms with Gasteiger partial charge in [0.15, 0.2) is 0 Å². The fourth-order valence-electron chi connectivity index (χ4n) is 0.679. The van der Waals surface area contributed by atoms with E-state index in [-0.39, 0.29) is 5.82 Å². The van der Waals surface area contributed by atoms with Crippen molar-refractivity contribution in [3.05, 3.63) is 35.6 Å². The van der Waals surface area contributed by atoms with E-state index in [2.05, 4.69) is 26.4 Å². The second-order valence-corrected chi connectivity index (χ2v) is 2.70. The summed E-state index contributed by atoms with van der Waals surface area (Å²) in [7, 11) is 0. The van der Waals surface area contributed by atoms with Gasteiger partial charge in [0.2, 0.25) is 0 Å². The first kappa shape index (κ1) is 7.94. The van der Waals surface area contributed by atoms with Gasteiger partial charge in [-0.05, 0) is 17.7 Å². The molecule has 0 heterocycles. The number of benzene rings is 1. The molecule has 0 bridgehead atoms. The van der Waals surface area contributed by atoms with Crippen LogP contribution in [0.2, 0.25) is 0 Å². The summed E-state index contributed by atoms with van der Waals surface area (Å²) in [6, 6.07) is 6.45. The Labute approximate surface area is 73.1 Å². The molecule has 0 saturated carbocycles. The Morgan fingerprint density at radius 1 is 1.30 bits per heavy atom. The highest BCUT2D eigenvalue weighted by Gasteiger charge is 1.90. The van der Waals surface area contributed by atoms with E-state index in [1.807, 2.05) is 0 Å². The maximum Gasteiger partial charge on any atom is 0.123 e. The van der Waals surface area contributed by atoms with Gasteiger partial charge in [-0.3, -0.25) is 3.53 Å². The fraction of sp³-hybridized carbons (Fsp3) is 0.143. The van der Waals surface area contributed by atoms with Crippen molar-refractivity contribution in [3.8, 4) is 0 Å². The van der Waals surface area contributed by atoms with Gasteiger partial charge in [-0.2, -0.15) is 0 Å². The maximum atomic E-state index is 12.3. The van der Waals surface area contributed by atoms with Gasteiger partial charge < -0.3 is 0 Å². The fourth-order valence-corrected chi connectivity index (χ4v) is 1.12. The van der Waals surface area contributed by atoms with E-state index < -0.39 is 0 Å². The maximum absolute atomic E-state index is 12.3. The first-order valence-electron chi connectivity index (χ1n) is 2.91. The highest BCUT2D eigenvalue weighted by atomic mass is 127. The molecule has 0 atom stereocenters. The molecule has 0 radical (unpaired) electrons. The van der Waals surface area contributed by atoms with E-state index in [0.717, 1.165) is 12.1 Å². The van der Waals surface area contributed by atoms with Crippen molar-refractivity contribution in [1.82, 2.24) is 3.53 Å². The Bertz CT molecular complexity index is 197. The van der Waals surface area contributed by atoms with Crippen LogP contribution in [-0.4, -0.2) is 0 Å². The summed E-state index contributed by atoms with van der Waals surface area (Å²) in [5.41, 5.74) is 1.09. The van der Waals surface area contributed by atoms with Crippen molar-refractivity contribution < 1.29 is 4.39 Å². The van der Waals surface area contributed by atoms with Gasteiger partial charge in [0.05, 0.1) is 0 Å². The summed E-state index contributed by atoms with van der Waals surface area (Å²) < 4.78 is 15.3. The number of rotatable bonds is 2. The van der Waals surface area contributed by atoms with Crippen molar-refractivity contribution in [2.45, 2.75) is 6.54 Å². The number of nitrogens with one attached hydrogen (secondary N) is 1. The Hall–Kier alpha value is -0.160. The van der Waals surface area contributed by atoms with Crippen LogP contribution in [0.1, 0.15) is 5.56 Å². The van der Waals surface area contributed by atoms with E-state index >= 15 is 0 Å². The first-order chi connectivity index (χ1) is 4.83. The van der Waals surface area contributed by atoms with Crippen LogP contribution in [0, 0.1) is 5.82 Å². The molecule has 0 aliphatic heterocycles. The topological polar surface area (TPSA) is 12.0 Å². The van der Waals surface area contributed by atoms with Crippen LogP contribution in [0.3, 0.4) is 0 Å². The zero-order valence-corrected chi connectivity index (χ0v) is 7.43. The molecule has 54 valence electrons. The van der Waals surface area contributed by atoms with Crippen molar-refractivity contribution in [1.29, 1.82) is 0 Å². The van der Waals surface area contributed by atoms with Gasteiger partial charge in [0.1, 0.15) is 5.82 Å². The first-order valence-corrected chi connectivity index (χ1v) is 3.99. The quantitative estimate of drug-likeness (QED) is 0.628. The predicted molar refractivity (Wildman–Crippen MR) is 47.3 cm³/mol. The zero-order valence-electron chi connectivity index (χ0n) is 5.27. The van der Waals surface area contributed by atoms with Crippen LogP contribution in [0.25, 0.3) is 0 Å². The standard InChI is InChI=1S/C7H7FIN/c8-7-3-1-6(2-4-7)5-10-9/h1-4,10H,5H2. The van der Waals surface area contributed by atoms with E-state index in [4.69, 9.17) is 0 Å². The number of hydrogen-bond acceptors (Lipinski definition) is 1. The Morgan fingerprint density at radius 3 is 2.40 bits per heavy atom. The Kier molecular flexibility index (Phi) is 3.08. The summed E-state index contributed by atoms with van der Waals surface area (Å²) >= 11 is 2.06. The minimum Gasteiger partial charge on any atom is -0.257 e. The van der Waals surface area contributed by atoms with Gasteiger partial charge in [0, 0.05) is 29.4 Å². The lowest BCUT2D eigenvalue weighted by atomic mass is 10.2. The normalized spacial score (nSPS) is 9.80. The summed E-state index contributed by atoms with van der Waals surface area (Å²) in [6.07, 6.45) is 0.